The van der Waals surface area contributed by atoms with Crippen molar-refractivity contribution in [3.63, 3.8) is 0 Å². The lowest BCUT2D eigenvalue weighted by atomic mass is 9.83. The van der Waals surface area contributed by atoms with E-state index in [0.29, 0.717) is 30.0 Å². The lowest BCUT2D eigenvalue weighted by molar-refractivity contribution is -0.129. The average molecular weight is 424 g/mol. The summed E-state index contributed by atoms with van der Waals surface area (Å²) in [5.41, 5.74) is 1.58. The van der Waals surface area contributed by atoms with Crippen LogP contribution in [0, 0.1) is 5.92 Å². The number of ether oxygens (including phenoxy) is 3. The summed E-state index contributed by atoms with van der Waals surface area (Å²) in [5, 5.41) is 3.10. The normalized spacial score (nSPS) is 21.0. The largest absolute Gasteiger partial charge is 0.497 e. The van der Waals surface area contributed by atoms with E-state index in [1.807, 2.05) is 50.2 Å². The molecule has 7 heteroatoms. The molecule has 0 aliphatic carbocycles. The molecule has 4 rings (SSSR count). The third-order valence-corrected chi connectivity index (χ3v) is 6.03. The number of nitrogens with one attached hydrogen (secondary N) is 1. The lowest BCUT2D eigenvalue weighted by Gasteiger charge is -2.41. The van der Waals surface area contributed by atoms with Gasteiger partial charge in [0.2, 0.25) is 18.6 Å². The monoisotopic (exact) mass is 424 g/mol. The van der Waals surface area contributed by atoms with Gasteiger partial charge in [-0.15, -0.1) is 0 Å². The maximum atomic E-state index is 13.2. The van der Waals surface area contributed by atoms with E-state index >= 15 is 0 Å². The number of benzene rings is 2. The Morgan fingerprint density at radius 1 is 1.19 bits per heavy atom. The predicted molar refractivity (Wildman–Crippen MR) is 116 cm³/mol. The van der Waals surface area contributed by atoms with E-state index in [-0.39, 0.29) is 30.6 Å². The van der Waals surface area contributed by atoms with E-state index < -0.39 is 6.04 Å². The average Bonchev–Trinajstić information content (AvgIpc) is 3.26. The van der Waals surface area contributed by atoms with Gasteiger partial charge in [-0.3, -0.25) is 9.59 Å². The molecule has 1 fully saturated rings. The molecular weight excluding hydrogens is 396 g/mol. The number of anilines is 1. The van der Waals surface area contributed by atoms with Crippen LogP contribution in [0.2, 0.25) is 0 Å². The van der Waals surface area contributed by atoms with Crippen molar-refractivity contribution >= 4 is 17.5 Å². The maximum Gasteiger partial charge on any atom is 0.231 e. The Labute approximate surface area is 182 Å². The van der Waals surface area contributed by atoms with Gasteiger partial charge in [-0.1, -0.05) is 19.1 Å². The zero-order valence-corrected chi connectivity index (χ0v) is 18.1. The fourth-order valence-corrected chi connectivity index (χ4v) is 4.14. The van der Waals surface area contributed by atoms with Gasteiger partial charge in [0.05, 0.1) is 19.1 Å². The summed E-state index contributed by atoms with van der Waals surface area (Å²) in [6.45, 7) is 4.19. The van der Waals surface area contributed by atoms with E-state index in [1.165, 1.54) is 0 Å². The zero-order chi connectivity index (χ0) is 22.0. The van der Waals surface area contributed by atoms with Gasteiger partial charge in [0, 0.05) is 24.2 Å². The fourth-order valence-electron chi connectivity index (χ4n) is 4.14. The van der Waals surface area contributed by atoms with E-state index in [1.54, 1.807) is 18.1 Å². The predicted octanol–water partition coefficient (Wildman–Crippen LogP) is 3.82. The summed E-state index contributed by atoms with van der Waals surface area (Å²) in [6, 6.07) is 12.7. The van der Waals surface area contributed by atoms with Crippen molar-refractivity contribution in [2.75, 3.05) is 18.8 Å². The third kappa shape index (κ3) is 4.17. The van der Waals surface area contributed by atoms with Crippen molar-refractivity contribution in [2.24, 2.45) is 5.92 Å². The molecule has 2 amide bonds. The molecule has 0 unspecified atom stereocenters. The number of carbonyl (C=O) groups excluding carboxylic acids is 2. The van der Waals surface area contributed by atoms with Gasteiger partial charge >= 0.3 is 0 Å². The highest BCUT2D eigenvalue weighted by Gasteiger charge is 2.42. The molecule has 2 aromatic rings. The van der Waals surface area contributed by atoms with Crippen molar-refractivity contribution in [3.05, 3.63) is 48.0 Å². The quantitative estimate of drug-likeness (QED) is 0.763. The molecule has 2 aliphatic rings. The summed E-state index contributed by atoms with van der Waals surface area (Å²) in [7, 11) is 1.61. The minimum atomic E-state index is -0.434. The first-order chi connectivity index (χ1) is 15.0. The van der Waals surface area contributed by atoms with Crippen LogP contribution in [0.3, 0.4) is 0 Å². The number of carbonyl (C=O) groups is 2. The number of hydrogen-bond acceptors (Lipinski definition) is 5. The molecule has 1 N–H and O–H groups in total. The standard InChI is InChI=1S/C24H28N2O5/c1-4-15(2)25-24(28)19-10-12-22(27)26(17-7-11-20-21(13-17)31-14-30-20)23(19)16-5-8-18(29-3)9-6-16/h5-9,11,13,15,19,23H,4,10,12,14H2,1-3H3,(H,25,28)/t15-,19+,23+/m0/s1. The van der Waals surface area contributed by atoms with Crippen LogP contribution in [-0.4, -0.2) is 31.8 Å². The van der Waals surface area contributed by atoms with E-state index in [4.69, 9.17) is 14.2 Å². The van der Waals surface area contributed by atoms with E-state index in [0.717, 1.165) is 17.7 Å². The summed E-state index contributed by atoms with van der Waals surface area (Å²) in [5.74, 6) is 1.55. The second-order valence-electron chi connectivity index (χ2n) is 7.98. The van der Waals surface area contributed by atoms with Crippen molar-refractivity contribution in [2.45, 2.75) is 45.2 Å². The molecule has 0 saturated carbocycles. The van der Waals surface area contributed by atoms with Gasteiger partial charge in [-0.25, -0.2) is 0 Å². The summed E-state index contributed by atoms with van der Waals surface area (Å²) in [4.78, 5) is 28.1. The molecule has 0 bridgehead atoms. The van der Waals surface area contributed by atoms with Crippen molar-refractivity contribution in [1.29, 1.82) is 0 Å². The van der Waals surface area contributed by atoms with Gasteiger partial charge < -0.3 is 24.4 Å². The SMILES string of the molecule is CC[C@H](C)NC(=O)[C@@H]1CCC(=O)N(c2ccc3c(c2)OCO3)[C@@H]1c1ccc(OC)cc1. The van der Waals surface area contributed by atoms with E-state index in [2.05, 4.69) is 5.32 Å². The summed E-state index contributed by atoms with van der Waals surface area (Å²) >= 11 is 0. The number of amides is 2. The molecule has 0 radical (unpaired) electrons. The summed E-state index contributed by atoms with van der Waals surface area (Å²) < 4.78 is 16.2. The Bertz CT molecular complexity index is 959. The highest BCUT2D eigenvalue weighted by atomic mass is 16.7. The number of methoxy groups -OCH3 is 1. The third-order valence-electron chi connectivity index (χ3n) is 6.03. The zero-order valence-electron chi connectivity index (χ0n) is 18.1. The molecule has 2 heterocycles. The highest BCUT2D eigenvalue weighted by molar-refractivity contribution is 5.97. The van der Waals surface area contributed by atoms with Crippen LogP contribution in [0.4, 0.5) is 5.69 Å². The molecule has 164 valence electrons. The van der Waals surface area contributed by atoms with Gasteiger partial charge in [0.25, 0.3) is 0 Å². The number of fused-ring (bicyclic) bond motifs is 1. The minimum Gasteiger partial charge on any atom is -0.497 e. The van der Waals surface area contributed by atoms with Crippen LogP contribution in [0.1, 0.15) is 44.7 Å². The minimum absolute atomic E-state index is 0.0210. The van der Waals surface area contributed by atoms with Crippen LogP contribution in [-0.2, 0) is 9.59 Å². The Hall–Kier alpha value is -3.22. The van der Waals surface area contributed by atoms with Crippen LogP contribution in [0.25, 0.3) is 0 Å². The second-order valence-corrected chi connectivity index (χ2v) is 7.98. The van der Waals surface area contributed by atoms with Crippen LogP contribution < -0.4 is 24.4 Å². The number of rotatable bonds is 6. The van der Waals surface area contributed by atoms with E-state index in [9.17, 15) is 9.59 Å². The Kier molecular flexibility index (Phi) is 6.02. The maximum absolute atomic E-state index is 13.2. The van der Waals surface area contributed by atoms with Gasteiger partial charge in [0.1, 0.15) is 5.75 Å². The molecular formula is C24H28N2O5. The topological polar surface area (TPSA) is 77.1 Å². The molecule has 3 atom stereocenters. The summed E-state index contributed by atoms with van der Waals surface area (Å²) in [6.07, 6.45) is 1.65. The first-order valence-corrected chi connectivity index (χ1v) is 10.7. The van der Waals surface area contributed by atoms with Crippen LogP contribution in [0.15, 0.2) is 42.5 Å². The molecule has 2 aliphatic heterocycles. The van der Waals surface area contributed by atoms with Crippen molar-refractivity contribution in [3.8, 4) is 17.2 Å². The van der Waals surface area contributed by atoms with Gasteiger partial charge in [0.15, 0.2) is 11.5 Å². The first-order valence-electron chi connectivity index (χ1n) is 10.7. The Morgan fingerprint density at radius 3 is 2.65 bits per heavy atom. The van der Waals surface area contributed by atoms with Gasteiger partial charge in [-0.2, -0.15) is 0 Å². The number of piperidine rings is 1. The molecule has 0 aromatic heterocycles. The fraction of sp³-hybridized carbons (Fsp3) is 0.417. The van der Waals surface area contributed by atoms with Crippen molar-refractivity contribution in [1.82, 2.24) is 5.32 Å². The molecule has 31 heavy (non-hydrogen) atoms. The molecule has 1 saturated heterocycles. The number of hydrogen-bond donors (Lipinski definition) is 1. The molecule has 2 aromatic carbocycles. The van der Waals surface area contributed by atoms with Crippen LogP contribution in [0.5, 0.6) is 17.2 Å². The Balaban J connectivity index is 1.75. The first kappa shape index (κ1) is 21.0. The Morgan fingerprint density at radius 2 is 1.94 bits per heavy atom. The molecule has 7 nitrogen and oxygen atoms in total. The van der Waals surface area contributed by atoms with Gasteiger partial charge in [-0.05, 0) is 49.6 Å². The van der Waals surface area contributed by atoms with Crippen LogP contribution >= 0.6 is 0 Å². The molecule has 0 spiro atoms. The number of nitrogens with zero attached hydrogens (tertiary/aromatic N) is 1. The van der Waals surface area contributed by atoms with Crippen molar-refractivity contribution < 1.29 is 23.8 Å². The second kappa shape index (κ2) is 8.88. The smallest absolute Gasteiger partial charge is 0.231 e. The lowest BCUT2D eigenvalue weighted by Crippen LogP contribution is -2.49. The highest BCUT2D eigenvalue weighted by Crippen LogP contribution is 2.43.